The molecule has 0 spiro atoms. The Hall–Kier alpha value is -3.85. The quantitative estimate of drug-likeness (QED) is 0.600. The third-order valence-electron chi connectivity index (χ3n) is 6.47. The lowest BCUT2D eigenvalue weighted by Crippen LogP contribution is -2.33. The number of fused-ring (bicyclic) bond motifs is 1. The lowest BCUT2D eigenvalue weighted by atomic mass is 9.70. The number of hydrogen-bond donors (Lipinski definition) is 1. The molecule has 2 aromatic carbocycles. The molecule has 166 valence electrons. The van der Waals surface area contributed by atoms with Gasteiger partial charge in [-0.2, -0.15) is 5.26 Å². The van der Waals surface area contributed by atoms with E-state index in [0.29, 0.717) is 30.7 Å². The second-order valence-electron chi connectivity index (χ2n) is 9.56. The number of halogens is 1. The molecule has 0 bridgehead atoms. The van der Waals surface area contributed by atoms with Crippen LogP contribution in [-0.4, -0.2) is 10.4 Å². The van der Waals surface area contributed by atoms with E-state index in [1.165, 1.54) is 12.1 Å². The van der Waals surface area contributed by atoms with Crippen LogP contribution in [0.2, 0.25) is 0 Å². The summed E-state index contributed by atoms with van der Waals surface area (Å²) in [6.07, 6.45) is 2.95. The van der Waals surface area contributed by atoms with E-state index < -0.39 is 5.92 Å². The molecule has 0 amide bonds. The van der Waals surface area contributed by atoms with Gasteiger partial charge in [-0.25, -0.2) is 4.39 Å². The van der Waals surface area contributed by atoms with Gasteiger partial charge >= 0.3 is 0 Å². The first kappa shape index (κ1) is 21.0. The van der Waals surface area contributed by atoms with Gasteiger partial charge in [0.2, 0.25) is 5.88 Å². The molecule has 2 heterocycles. The Labute approximate surface area is 191 Å². The van der Waals surface area contributed by atoms with Crippen molar-refractivity contribution in [2.75, 3.05) is 0 Å². The predicted octanol–water partition coefficient (Wildman–Crippen LogP) is 5.28. The summed E-state index contributed by atoms with van der Waals surface area (Å²) in [5.41, 5.74) is 9.50. The molecule has 1 aromatic heterocycles. The molecule has 3 aromatic rings. The highest BCUT2D eigenvalue weighted by Crippen LogP contribution is 2.49. The van der Waals surface area contributed by atoms with Gasteiger partial charge in [0.15, 0.2) is 5.78 Å². The number of rotatable bonds is 3. The minimum Gasteiger partial charge on any atom is -0.444 e. The van der Waals surface area contributed by atoms with Crippen LogP contribution < -0.4 is 5.73 Å². The highest BCUT2D eigenvalue weighted by molar-refractivity contribution is 6.01. The van der Waals surface area contributed by atoms with Crippen LogP contribution in [0.15, 0.2) is 77.5 Å². The molecule has 0 radical (unpaired) electrons. The van der Waals surface area contributed by atoms with E-state index in [4.69, 9.17) is 10.5 Å². The van der Waals surface area contributed by atoms with Gasteiger partial charge in [0.25, 0.3) is 0 Å². The van der Waals surface area contributed by atoms with Crippen LogP contribution in [0, 0.1) is 22.6 Å². The highest BCUT2D eigenvalue weighted by atomic mass is 19.1. The first-order valence-corrected chi connectivity index (χ1v) is 10.9. The van der Waals surface area contributed by atoms with E-state index >= 15 is 0 Å². The highest BCUT2D eigenvalue weighted by Gasteiger charge is 2.43. The van der Waals surface area contributed by atoms with E-state index in [2.05, 4.69) is 10.6 Å². The minimum absolute atomic E-state index is 0.0122. The van der Waals surface area contributed by atoms with Crippen molar-refractivity contribution in [2.24, 2.45) is 11.1 Å². The fourth-order valence-electron chi connectivity index (χ4n) is 5.02. The molecule has 2 N–H and O–H groups in total. The first-order valence-electron chi connectivity index (χ1n) is 10.9. The van der Waals surface area contributed by atoms with E-state index in [0.717, 1.165) is 22.0 Å². The van der Waals surface area contributed by atoms with Crippen LogP contribution in [0.1, 0.15) is 43.7 Å². The second kappa shape index (κ2) is 7.63. The summed E-state index contributed by atoms with van der Waals surface area (Å²) in [6.45, 7) is 4.58. The Morgan fingerprint density at radius 2 is 1.91 bits per heavy atom. The number of carbonyl (C=O) groups excluding carboxylic acids is 1. The van der Waals surface area contributed by atoms with E-state index in [1.54, 1.807) is 12.1 Å². The second-order valence-corrected chi connectivity index (χ2v) is 9.56. The number of ketones is 1. The van der Waals surface area contributed by atoms with Crippen molar-refractivity contribution in [1.82, 2.24) is 4.57 Å². The summed E-state index contributed by atoms with van der Waals surface area (Å²) in [7, 11) is 0. The molecule has 0 saturated carbocycles. The largest absolute Gasteiger partial charge is 0.444 e. The molecule has 1 aliphatic carbocycles. The number of allylic oxidation sites excluding steroid dienone is 3. The molecule has 33 heavy (non-hydrogen) atoms. The zero-order chi connectivity index (χ0) is 23.3. The maximum absolute atomic E-state index is 13.4. The smallest absolute Gasteiger partial charge is 0.205 e. The summed E-state index contributed by atoms with van der Waals surface area (Å²) in [5, 5.41) is 10.9. The molecule has 5 rings (SSSR count). The maximum atomic E-state index is 13.4. The van der Waals surface area contributed by atoms with Crippen LogP contribution in [0.4, 0.5) is 4.39 Å². The molecular formula is C27H24FN3O2. The lowest BCUT2D eigenvalue weighted by Gasteiger charge is -2.37. The van der Waals surface area contributed by atoms with Gasteiger partial charge < -0.3 is 15.0 Å². The SMILES string of the molecule is CC1(C)CC(=O)C2=C(C1)OC(N)=C(C#N)[C@H]2c1cn(Cc2ccc(F)cc2)c2ccccc12. The average molecular weight is 442 g/mol. The van der Waals surface area contributed by atoms with Gasteiger partial charge in [0, 0.05) is 42.1 Å². The zero-order valence-electron chi connectivity index (χ0n) is 18.6. The molecule has 2 aliphatic rings. The summed E-state index contributed by atoms with van der Waals surface area (Å²) in [4.78, 5) is 13.3. The topological polar surface area (TPSA) is 81.0 Å². The summed E-state index contributed by atoms with van der Waals surface area (Å²) < 4.78 is 21.3. The molecular weight excluding hydrogens is 417 g/mol. The lowest BCUT2D eigenvalue weighted by molar-refractivity contribution is -0.119. The average Bonchev–Trinajstić information content (AvgIpc) is 3.11. The van der Waals surface area contributed by atoms with Crippen LogP contribution in [0.5, 0.6) is 0 Å². The number of nitrogens with two attached hydrogens (primary N) is 1. The van der Waals surface area contributed by atoms with Gasteiger partial charge in [-0.05, 0) is 34.7 Å². The molecule has 0 unspecified atom stereocenters. The van der Waals surface area contributed by atoms with Gasteiger partial charge in [-0.15, -0.1) is 0 Å². The van der Waals surface area contributed by atoms with Crippen molar-refractivity contribution in [3.63, 3.8) is 0 Å². The number of para-hydroxylation sites is 1. The van der Waals surface area contributed by atoms with Crippen molar-refractivity contribution >= 4 is 16.7 Å². The summed E-state index contributed by atoms with van der Waals surface area (Å²) >= 11 is 0. The molecule has 1 atom stereocenters. The first-order chi connectivity index (χ1) is 15.8. The fraction of sp³-hybridized carbons (Fsp3) is 0.259. The van der Waals surface area contributed by atoms with Crippen molar-refractivity contribution < 1.29 is 13.9 Å². The fourth-order valence-corrected chi connectivity index (χ4v) is 5.02. The molecule has 0 saturated heterocycles. The maximum Gasteiger partial charge on any atom is 0.205 e. The minimum atomic E-state index is -0.582. The van der Waals surface area contributed by atoms with Gasteiger partial charge in [-0.1, -0.05) is 44.2 Å². The Kier molecular flexibility index (Phi) is 4.86. The molecule has 1 aliphatic heterocycles. The van der Waals surface area contributed by atoms with Crippen LogP contribution in [-0.2, 0) is 16.1 Å². The number of benzene rings is 2. The monoisotopic (exact) mass is 441 g/mol. The van der Waals surface area contributed by atoms with Crippen LogP contribution in [0.25, 0.3) is 10.9 Å². The number of hydrogen-bond acceptors (Lipinski definition) is 4. The number of nitrogens with zero attached hydrogens (tertiary/aromatic N) is 2. The number of carbonyl (C=O) groups is 1. The normalized spacial score (nSPS) is 19.9. The third-order valence-corrected chi connectivity index (χ3v) is 6.47. The number of ether oxygens (including phenoxy) is 1. The number of nitriles is 1. The van der Waals surface area contributed by atoms with Gasteiger partial charge in [0.1, 0.15) is 23.2 Å². The number of Topliss-reactive ketones (excluding diaryl/α,β-unsaturated/α-hetero) is 1. The van der Waals surface area contributed by atoms with Crippen molar-refractivity contribution in [2.45, 2.75) is 39.2 Å². The zero-order valence-corrected chi connectivity index (χ0v) is 18.6. The standard InChI is InChI=1S/C27H24FN3O2/c1-27(2)11-22(32)25-23(12-27)33-26(30)19(13-29)24(25)20-15-31(21-6-4-3-5-18(20)21)14-16-7-9-17(28)10-8-16/h3-10,15,24H,11-12,14,30H2,1-2H3/t24-/m0/s1. The predicted molar refractivity (Wildman–Crippen MR) is 123 cm³/mol. The van der Waals surface area contributed by atoms with E-state index in [1.807, 2.05) is 44.3 Å². The van der Waals surface area contributed by atoms with Crippen molar-refractivity contribution in [3.05, 3.63) is 94.5 Å². The summed E-state index contributed by atoms with van der Waals surface area (Å²) in [5.74, 6) is -0.254. The van der Waals surface area contributed by atoms with Gasteiger partial charge in [-0.3, -0.25) is 4.79 Å². The Morgan fingerprint density at radius 3 is 2.64 bits per heavy atom. The van der Waals surface area contributed by atoms with E-state index in [-0.39, 0.29) is 28.5 Å². The molecule has 6 heteroatoms. The van der Waals surface area contributed by atoms with Crippen molar-refractivity contribution in [3.8, 4) is 6.07 Å². The third kappa shape index (κ3) is 3.60. The van der Waals surface area contributed by atoms with Gasteiger partial charge in [0.05, 0.1) is 5.92 Å². The Morgan fingerprint density at radius 1 is 1.18 bits per heavy atom. The van der Waals surface area contributed by atoms with Crippen molar-refractivity contribution in [1.29, 1.82) is 5.26 Å². The Bertz CT molecular complexity index is 1390. The molecule has 5 nitrogen and oxygen atoms in total. The van der Waals surface area contributed by atoms with Crippen LogP contribution in [0.3, 0.4) is 0 Å². The summed E-state index contributed by atoms with van der Waals surface area (Å²) in [6, 6.07) is 16.5. The van der Waals surface area contributed by atoms with E-state index in [9.17, 15) is 14.4 Å². The van der Waals surface area contributed by atoms with Crippen LogP contribution >= 0.6 is 0 Å². The Balaban J connectivity index is 1.69. The molecule has 0 fully saturated rings. The number of aromatic nitrogens is 1.